The first-order valence-electron chi connectivity index (χ1n) is 8.52. The molecule has 17 heteroatoms. The summed E-state index contributed by atoms with van der Waals surface area (Å²) >= 11 is 0. The number of nitrogens with zero attached hydrogens (tertiary/aromatic N) is 2. The molecular formula is C18H17Cl3N2O9S3. The van der Waals surface area contributed by atoms with E-state index in [0.29, 0.717) is 0 Å². The minimum Gasteiger partial charge on any atom is -0.273 e. The number of hydrogen-bond acceptors (Lipinski definition) is 8. The standard InChI is InChI=1S/C14H10.C4H4N2.3ClHO3S/c1-2-6-12-10-14-8-4-3-7-13(14)9-11(12)5-1;1-2-5-4-6-3-1;3*1-5(2,3)4/h1-10H;1-4H;3*(H,2,3,4). The van der Waals surface area contributed by atoms with Gasteiger partial charge in [0.25, 0.3) is 0 Å². The molecule has 0 unspecified atom stereocenters. The molecule has 0 amide bonds. The highest BCUT2D eigenvalue weighted by molar-refractivity contribution is 8.09. The molecule has 11 nitrogen and oxygen atoms in total. The third kappa shape index (κ3) is 24.8. The summed E-state index contributed by atoms with van der Waals surface area (Å²) in [5.41, 5.74) is 0. The predicted molar refractivity (Wildman–Crippen MR) is 136 cm³/mol. The number of fused-ring (bicyclic) bond motifs is 2. The van der Waals surface area contributed by atoms with Crippen LogP contribution < -0.4 is 0 Å². The van der Waals surface area contributed by atoms with Crippen molar-refractivity contribution in [1.82, 2.24) is 9.97 Å². The van der Waals surface area contributed by atoms with Crippen molar-refractivity contribution >= 4 is 81.6 Å². The van der Waals surface area contributed by atoms with Crippen LogP contribution in [-0.2, 0) is 28.0 Å². The molecule has 0 aliphatic rings. The van der Waals surface area contributed by atoms with Gasteiger partial charge in [-0.3, -0.25) is 13.7 Å². The average Bonchev–Trinajstić information content (AvgIpc) is 2.70. The number of benzene rings is 3. The van der Waals surface area contributed by atoms with Crippen LogP contribution in [0.15, 0.2) is 85.5 Å². The molecule has 192 valence electrons. The van der Waals surface area contributed by atoms with Crippen molar-refractivity contribution in [1.29, 1.82) is 0 Å². The summed E-state index contributed by atoms with van der Waals surface area (Å²) in [4.78, 5) is 7.35. The monoisotopic (exact) mass is 606 g/mol. The minimum atomic E-state index is -4.19. The van der Waals surface area contributed by atoms with Gasteiger partial charge in [0.15, 0.2) is 0 Å². The first-order chi connectivity index (χ1) is 15.9. The van der Waals surface area contributed by atoms with Gasteiger partial charge >= 0.3 is 28.0 Å². The van der Waals surface area contributed by atoms with Gasteiger partial charge in [0, 0.05) is 44.4 Å². The van der Waals surface area contributed by atoms with Crippen molar-refractivity contribution in [3.8, 4) is 0 Å². The van der Waals surface area contributed by atoms with Gasteiger partial charge in [0.05, 0.1) is 0 Å². The third-order valence-corrected chi connectivity index (χ3v) is 3.09. The normalized spacial score (nSPS) is 10.7. The summed E-state index contributed by atoms with van der Waals surface area (Å²) in [6.07, 6.45) is 4.88. The molecule has 0 saturated carbocycles. The maximum Gasteiger partial charge on any atom is 0.353 e. The van der Waals surface area contributed by atoms with Crippen LogP contribution in [0, 0.1) is 0 Å². The molecule has 0 bridgehead atoms. The molecule has 4 rings (SSSR count). The van der Waals surface area contributed by atoms with Gasteiger partial charge in [0.2, 0.25) is 0 Å². The zero-order valence-corrected chi connectivity index (χ0v) is 21.8. The van der Waals surface area contributed by atoms with Crippen LogP contribution >= 0.6 is 32.0 Å². The van der Waals surface area contributed by atoms with Crippen LogP contribution in [0.5, 0.6) is 0 Å². The van der Waals surface area contributed by atoms with Crippen molar-refractivity contribution < 1.29 is 38.9 Å². The number of halogens is 3. The maximum absolute atomic E-state index is 8.95. The average molecular weight is 608 g/mol. The van der Waals surface area contributed by atoms with E-state index in [4.69, 9.17) is 38.9 Å². The number of aromatic nitrogens is 2. The molecule has 1 heterocycles. The molecule has 3 aromatic carbocycles. The van der Waals surface area contributed by atoms with E-state index >= 15 is 0 Å². The van der Waals surface area contributed by atoms with Gasteiger partial charge in [-0.25, -0.2) is 9.97 Å². The van der Waals surface area contributed by atoms with E-state index < -0.39 is 28.0 Å². The Bertz CT molecular complexity index is 1280. The smallest absolute Gasteiger partial charge is 0.273 e. The molecule has 35 heavy (non-hydrogen) atoms. The van der Waals surface area contributed by atoms with E-state index in [-0.39, 0.29) is 0 Å². The lowest BCUT2D eigenvalue weighted by Gasteiger charge is -2.00. The lowest BCUT2D eigenvalue weighted by atomic mass is 10.0. The van der Waals surface area contributed by atoms with Crippen LogP contribution in [0.4, 0.5) is 0 Å². The molecule has 0 saturated heterocycles. The molecule has 0 aliphatic carbocycles. The highest BCUT2D eigenvalue weighted by Crippen LogP contribution is 2.22. The van der Waals surface area contributed by atoms with Crippen LogP contribution in [0.25, 0.3) is 21.5 Å². The van der Waals surface area contributed by atoms with E-state index in [2.05, 4.69) is 103 Å². The van der Waals surface area contributed by atoms with Crippen LogP contribution in [0.1, 0.15) is 0 Å². The van der Waals surface area contributed by atoms with Crippen LogP contribution in [0.2, 0.25) is 0 Å². The molecule has 4 aromatic rings. The molecule has 3 N–H and O–H groups in total. The Balaban J connectivity index is 0.000000465. The highest BCUT2D eigenvalue weighted by atomic mass is 35.7. The largest absolute Gasteiger partial charge is 0.353 e. The van der Waals surface area contributed by atoms with E-state index in [1.807, 2.05) is 0 Å². The summed E-state index contributed by atoms with van der Waals surface area (Å²) in [5.74, 6) is 0. The first-order valence-corrected chi connectivity index (χ1v) is 15.3. The third-order valence-electron chi connectivity index (χ3n) is 3.09. The molecule has 1 aromatic heterocycles. The first kappa shape index (κ1) is 32.9. The molecule has 0 spiro atoms. The van der Waals surface area contributed by atoms with Crippen LogP contribution in [0.3, 0.4) is 0 Å². The second-order valence-electron chi connectivity index (χ2n) is 5.69. The SMILES string of the molecule is O=S(=O)(O)Cl.O=S(=O)(O)Cl.O=S(=O)(O)Cl.c1ccc2cc3ccccc3cc2c1.c1cncnc1. The Morgan fingerprint density at radius 1 is 0.514 bits per heavy atom. The summed E-state index contributed by atoms with van der Waals surface area (Å²) in [6, 6.07) is 23.2. The fourth-order valence-corrected chi connectivity index (χ4v) is 2.14. The van der Waals surface area contributed by atoms with Crippen molar-refractivity contribution in [3.63, 3.8) is 0 Å². The molecular weight excluding hydrogens is 591 g/mol. The zero-order valence-electron chi connectivity index (χ0n) is 17.1. The van der Waals surface area contributed by atoms with Gasteiger partial charge in [-0.1, -0.05) is 48.5 Å². The minimum absolute atomic E-state index is 1.31. The van der Waals surface area contributed by atoms with Gasteiger partial charge in [-0.2, -0.15) is 25.3 Å². The van der Waals surface area contributed by atoms with Gasteiger partial charge in [-0.05, 0) is 39.7 Å². The summed E-state index contributed by atoms with van der Waals surface area (Å²) in [5, 5.41) is 5.25. The van der Waals surface area contributed by atoms with E-state index in [1.165, 1.54) is 27.9 Å². The van der Waals surface area contributed by atoms with E-state index in [0.717, 1.165) is 0 Å². The molecule has 0 atom stereocenters. The fourth-order valence-electron chi connectivity index (χ4n) is 2.14. The van der Waals surface area contributed by atoms with E-state index in [1.54, 1.807) is 18.5 Å². The molecule has 0 fully saturated rings. The quantitative estimate of drug-likeness (QED) is 0.144. The Kier molecular flexibility index (Phi) is 14.8. The highest BCUT2D eigenvalue weighted by Gasteiger charge is 1.95. The van der Waals surface area contributed by atoms with Gasteiger partial charge in [-0.15, -0.1) is 0 Å². The topological polar surface area (TPSA) is 189 Å². The van der Waals surface area contributed by atoms with Crippen molar-refractivity contribution in [3.05, 3.63) is 85.5 Å². The second kappa shape index (κ2) is 15.8. The maximum atomic E-state index is 8.95. The lowest BCUT2D eigenvalue weighted by Crippen LogP contribution is -1.77. The van der Waals surface area contributed by atoms with E-state index in [9.17, 15) is 0 Å². The fraction of sp³-hybridized carbons (Fsp3) is 0. The predicted octanol–water partition coefficient (Wildman–Crippen LogP) is 4.55. The summed E-state index contributed by atoms with van der Waals surface area (Å²) in [6.45, 7) is 0. The zero-order chi connectivity index (χ0) is 27.1. The number of hydrogen-bond donors (Lipinski definition) is 3. The second-order valence-corrected chi connectivity index (χ2v) is 11.7. The Morgan fingerprint density at radius 3 is 0.886 bits per heavy atom. The lowest BCUT2D eigenvalue weighted by molar-refractivity contribution is 0.499. The Hall–Kier alpha value is -2.14. The van der Waals surface area contributed by atoms with Crippen molar-refractivity contribution in [2.45, 2.75) is 0 Å². The van der Waals surface area contributed by atoms with Crippen molar-refractivity contribution in [2.24, 2.45) is 0 Å². The molecule has 0 radical (unpaired) electrons. The summed E-state index contributed by atoms with van der Waals surface area (Å²) < 4.78 is 75.5. The van der Waals surface area contributed by atoms with Crippen molar-refractivity contribution in [2.75, 3.05) is 0 Å². The molecule has 0 aliphatic heterocycles. The summed E-state index contributed by atoms with van der Waals surface area (Å²) in [7, 11) is -0.410. The van der Waals surface area contributed by atoms with Gasteiger partial charge in [0.1, 0.15) is 6.33 Å². The van der Waals surface area contributed by atoms with Gasteiger partial charge < -0.3 is 0 Å². The Morgan fingerprint density at radius 2 is 0.743 bits per heavy atom. The Labute approximate surface area is 215 Å². The number of rotatable bonds is 0. The van der Waals surface area contributed by atoms with Crippen LogP contribution in [-0.4, -0.2) is 48.9 Å².